The van der Waals surface area contributed by atoms with Crippen LogP contribution < -0.4 is 4.72 Å². The number of fused-ring (bicyclic) bond motifs is 1. The van der Waals surface area contributed by atoms with E-state index in [9.17, 15) is 12.8 Å². The highest BCUT2D eigenvalue weighted by Crippen LogP contribution is 2.24. The Bertz CT molecular complexity index is 961. The number of hydrogen-bond acceptors (Lipinski definition) is 3. The minimum Gasteiger partial charge on any atom is -0.263 e. The Labute approximate surface area is 135 Å². The summed E-state index contributed by atoms with van der Waals surface area (Å²) in [5.74, 6) is -0.681. The van der Waals surface area contributed by atoms with Crippen LogP contribution >= 0.6 is 15.9 Å². The quantitative estimate of drug-likeness (QED) is 0.748. The Balaban J connectivity index is 2.03. The minimum absolute atomic E-state index is 0.127. The summed E-state index contributed by atoms with van der Waals surface area (Å²) in [7, 11) is -4.03. The Kier molecular flexibility index (Phi) is 3.84. The molecule has 0 saturated carbocycles. The number of aromatic nitrogens is 1. The fourth-order valence-corrected chi connectivity index (χ4v) is 3.57. The third-order valence-electron chi connectivity index (χ3n) is 3.04. The molecule has 1 N–H and O–H groups in total. The molecule has 0 saturated heterocycles. The standard InChI is InChI=1S/C15H10BrFN2O2S/c16-11-5-3-4-10-8-9-14(18-15(10)11)19-22(20,21)13-7-2-1-6-12(13)17/h1-9H,(H,18,19). The first-order chi connectivity index (χ1) is 10.5. The average Bonchev–Trinajstić information content (AvgIpc) is 2.48. The average molecular weight is 381 g/mol. The van der Waals surface area contributed by atoms with Crippen molar-refractivity contribution in [2.45, 2.75) is 4.90 Å². The van der Waals surface area contributed by atoms with Gasteiger partial charge in [0.25, 0.3) is 10.0 Å². The first-order valence-electron chi connectivity index (χ1n) is 6.30. The molecule has 112 valence electrons. The zero-order valence-electron chi connectivity index (χ0n) is 11.1. The van der Waals surface area contributed by atoms with E-state index in [1.165, 1.54) is 24.3 Å². The number of anilines is 1. The van der Waals surface area contributed by atoms with Gasteiger partial charge in [0.2, 0.25) is 0 Å². The maximum absolute atomic E-state index is 13.7. The largest absolute Gasteiger partial charge is 0.265 e. The second-order valence-electron chi connectivity index (χ2n) is 4.54. The second-order valence-corrected chi connectivity index (χ2v) is 7.05. The Morgan fingerprint density at radius 3 is 2.55 bits per heavy atom. The van der Waals surface area contributed by atoms with Gasteiger partial charge in [0.15, 0.2) is 0 Å². The lowest BCUT2D eigenvalue weighted by atomic mass is 10.2. The van der Waals surface area contributed by atoms with Gasteiger partial charge in [-0.25, -0.2) is 17.8 Å². The smallest absolute Gasteiger partial charge is 0.263 e. The molecule has 0 spiro atoms. The van der Waals surface area contributed by atoms with Gasteiger partial charge >= 0.3 is 0 Å². The molecule has 0 atom stereocenters. The topological polar surface area (TPSA) is 59.1 Å². The second kappa shape index (κ2) is 5.66. The molecule has 0 unspecified atom stereocenters. The molecule has 22 heavy (non-hydrogen) atoms. The molecule has 0 fully saturated rings. The van der Waals surface area contributed by atoms with Crippen molar-refractivity contribution in [2.24, 2.45) is 0 Å². The van der Waals surface area contributed by atoms with Gasteiger partial charge < -0.3 is 0 Å². The van der Waals surface area contributed by atoms with E-state index in [0.29, 0.717) is 5.52 Å². The lowest BCUT2D eigenvalue weighted by molar-refractivity contribution is 0.570. The number of hydrogen-bond donors (Lipinski definition) is 1. The fraction of sp³-hybridized carbons (Fsp3) is 0. The Morgan fingerprint density at radius 2 is 1.77 bits per heavy atom. The third-order valence-corrected chi connectivity index (χ3v) is 5.06. The SMILES string of the molecule is O=S(=O)(Nc1ccc2cccc(Br)c2n1)c1ccccc1F. The molecular weight excluding hydrogens is 371 g/mol. The van der Waals surface area contributed by atoms with Crippen LogP contribution in [0.2, 0.25) is 0 Å². The van der Waals surface area contributed by atoms with Gasteiger partial charge in [-0.3, -0.25) is 4.72 Å². The van der Waals surface area contributed by atoms with Gasteiger partial charge in [0.1, 0.15) is 16.5 Å². The summed E-state index contributed by atoms with van der Waals surface area (Å²) >= 11 is 3.37. The summed E-state index contributed by atoms with van der Waals surface area (Å²) in [6.45, 7) is 0. The normalized spacial score (nSPS) is 11.5. The molecular formula is C15H10BrFN2O2S. The monoisotopic (exact) mass is 380 g/mol. The molecule has 1 aromatic heterocycles. The molecule has 0 aliphatic heterocycles. The number of nitrogens with one attached hydrogen (secondary N) is 1. The number of pyridine rings is 1. The summed E-state index contributed by atoms with van der Waals surface area (Å²) in [4.78, 5) is 3.84. The van der Waals surface area contributed by atoms with Crippen molar-refractivity contribution in [2.75, 3.05) is 4.72 Å². The van der Waals surface area contributed by atoms with Crippen molar-refractivity contribution in [3.05, 3.63) is 64.9 Å². The van der Waals surface area contributed by atoms with E-state index in [1.54, 1.807) is 6.07 Å². The van der Waals surface area contributed by atoms with E-state index >= 15 is 0 Å². The molecule has 3 aromatic rings. The number of rotatable bonds is 3. The van der Waals surface area contributed by atoms with Gasteiger partial charge in [-0.1, -0.05) is 24.3 Å². The van der Waals surface area contributed by atoms with E-state index in [1.807, 2.05) is 18.2 Å². The first-order valence-corrected chi connectivity index (χ1v) is 8.57. The first kappa shape index (κ1) is 14.9. The molecule has 0 bridgehead atoms. The number of benzene rings is 2. The van der Waals surface area contributed by atoms with E-state index in [4.69, 9.17) is 0 Å². The van der Waals surface area contributed by atoms with Crippen LogP contribution in [0.1, 0.15) is 0 Å². The summed E-state index contributed by atoms with van der Waals surface area (Å²) in [5, 5.41) is 0.864. The molecule has 3 rings (SSSR count). The molecule has 4 nitrogen and oxygen atoms in total. The predicted octanol–water partition coefficient (Wildman–Crippen LogP) is 3.94. The van der Waals surface area contributed by atoms with Crippen LogP contribution in [0.5, 0.6) is 0 Å². The maximum atomic E-state index is 13.7. The van der Waals surface area contributed by atoms with Crippen LogP contribution in [0.3, 0.4) is 0 Å². The third kappa shape index (κ3) is 2.82. The lowest BCUT2D eigenvalue weighted by Gasteiger charge is -2.09. The summed E-state index contributed by atoms with van der Waals surface area (Å²) in [6, 6.07) is 14.0. The highest BCUT2D eigenvalue weighted by Gasteiger charge is 2.19. The van der Waals surface area contributed by atoms with Crippen LogP contribution in [0.25, 0.3) is 10.9 Å². The molecule has 0 aliphatic carbocycles. The number of halogens is 2. The predicted molar refractivity (Wildman–Crippen MR) is 86.7 cm³/mol. The van der Waals surface area contributed by atoms with E-state index < -0.39 is 20.7 Å². The molecule has 0 amide bonds. The lowest BCUT2D eigenvalue weighted by Crippen LogP contribution is -2.15. The number of para-hydroxylation sites is 1. The van der Waals surface area contributed by atoms with Gasteiger partial charge in [-0.2, -0.15) is 0 Å². The minimum atomic E-state index is -4.03. The summed E-state index contributed by atoms with van der Waals surface area (Å²) in [6.07, 6.45) is 0. The van der Waals surface area contributed by atoms with Crippen molar-refractivity contribution in [1.82, 2.24) is 4.98 Å². The van der Waals surface area contributed by atoms with Crippen LogP contribution in [0, 0.1) is 5.82 Å². The zero-order valence-corrected chi connectivity index (χ0v) is 13.5. The van der Waals surface area contributed by atoms with Gasteiger partial charge in [0.05, 0.1) is 5.52 Å². The highest BCUT2D eigenvalue weighted by molar-refractivity contribution is 9.10. The van der Waals surface area contributed by atoms with Crippen molar-refractivity contribution in [1.29, 1.82) is 0 Å². The van der Waals surface area contributed by atoms with Crippen LogP contribution in [-0.2, 0) is 10.0 Å². The molecule has 1 heterocycles. The van der Waals surface area contributed by atoms with Gasteiger partial charge in [-0.15, -0.1) is 0 Å². The Morgan fingerprint density at radius 1 is 1.00 bits per heavy atom. The summed E-state index contributed by atoms with van der Waals surface area (Å²) in [5.41, 5.74) is 0.622. The number of sulfonamides is 1. The van der Waals surface area contributed by atoms with Crippen LogP contribution in [0.15, 0.2) is 64.0 Å². The van der Waals surface area contributed by atoms with Gasteiger partial charge in [-0.05, 0) is 46.3 Å². The highest BCUT2D eigenvalue weighted by atomic mass is 79.9. The van der Waals surface area contributed by atoms with Crippen molar-refractivity contribution in [3.8, 4) is 0 Å². The molecule has 0 aliphatic rings. The van der Waals surface area contributed by atoms with Crippen molar-refractivity contribution in [3.63, 3.8) is 0 Å². The molecule has 2 aromatic carbocycles. The van der Waals surface area contributed by atoms with E-state index in [2.05, 4.69) is 25.6 Å². The van der Waals surface area contributed by atoms with Crippen LogP contribution in [-0.4, -0.2) is 13.4 Å². The fourth-order valence-electron chi connectivity index (χ4n) is 2.02. The molecule has 7 heteroatoms. The molecule has 0 radical (unpaired) electrons. The van der Waals surface area contributed by atoms with Crippen molar-refractivity contribution >= 4 is 42.7 Å². The summed E-state index contributed by atoms with van der Waals surface area (Å²) < 4.78 is 41.2. The maximum Gasteiger partial charge on any atom is 0.265 e. The Hall–Kier alpha value is -1.99. The van der Waals surface area contributed by atoms with E-state index in [-0.39, 0.29) is 5.82 Å². The van der Waals surface area contributed by atoms with E-state index in [0.717, 1.165) is 15.9 Å². The van der Waals surface area contributed by atoms with Gasteiger partial charge in [0, 0.05) is 9.86 Å². The van der Waals surface area contributed by atoms with Crippen molar-refractivity contribution < 1.29 is 12.8 Å². The number of nitrogens with zero attached hydrogens (tertiary/aromatic N) is 1. The zero-order chi connectivity index (χ0) is 15.7. The van der Waals surface area contributed by atoms with Crippen LogP contribution in [0.4, 0.5) is 10.2 Å².